The third kappa shape index (κ3) is 4.68. The Morgan fingerprint density at radius 3 is 2.29 bits per heavy atom. The molecule has 4 nitrogen and oxygen atoms in total. The molecule has 0 fully saturated rings. The van der Waals surface area contributed by atoms with Crippen LogP contribution in [0, 0.1) is 30.2 Å². The van der Waals surface area contributed by atoms with Gasteiger partial charge < -0.3 is 10.4 Å². The molecule has 1 aromatic rings. The molecule has 1 amide bonds. The van der Waals surface area contributed by atoms with Gasteiger partial charge in [0.1, 0.15) is 5.56 Å². The predicted molar refractivity (Wildman–Crippen MR) is 78.5 cm³/mol. The van der Waals surface area contributed by atoms with Gasteiger partial charge in [-0.3, -0.25) is 4.79 Å². The van der Waals surface area contributed by atoms with Crippen molar-refractivity contribution in [2.75, 3.05) is 6.54 Å². The smallest absolute Gasteiger partial charge is 0.339 e. The molecule has 0 saturated carbocycles. The lowest BCUT2D eigenvalue weighted by Gasteiger charge is -2.05. The Labute approximate surface area is 135 Å². The first kappa shape index (κ1) is 19.4. The summed E-state index contributed by atoms with van der Waals surface area (Å²) in [5.41, 5.74) is -0.756. The van der Waals surface area contributed by atoms with Gasteiger partial charge in [0.2, 0.25) is 6.41 Å². The Morgan fingerprint density at radius 1 is 1.17 bits per heavy atom. The average molecular weight is 345 g/mol. The van der Waals surface area contributed by atoms with Gasteiger partial charge in [-0.05, 0) is 25.3 Å². The molecule has 0 saturated heterocycles. The number of carboxylic acid groups (broad SMARTS) is 1. The van der Waals surface area contributed by atoms with E-state index in [0.717, 1.165) is 26.2 Å². The summed E-state index contributed by atoms with van der Waals surface area (Å²) in [7, 11) is 0. The molecule has 0 aliphatic heterocycles. The topological polar surface area (TPSA) is 66.4 Å². The first-order chi connectivity index (χ1) is 11.3. The molecule has 0 aromatic heterocycles. The largest absolute Gasteiger partial charge is 0.478 e. The second-order valence-electron chi connectivity index (χ2n) is 4.82. The van der Waals surface area contributed by atoms with Gasteiger partial charge in [-0.25, -0.2) is 22.4 Å². The van der Waals surface area contributed by atoms with Crippen LogP contribution >= 0.6 is 0 Å². The summed E-state index contributed by atoms with van der Waals surface area (Å²) in [6.45, 7) is 1.52. The van der Waals surface area contributed by atoms with Crippen LogP contribution in [-0.2, 0) is 4.79 Å². The van der Waals surface area contributed by atoms with Crippen LogP contribution in [0.25, 0.3) is 0 Å². The van der Waals surface area contributed by atoms with Crippen molar-refractivity contribution in [3.05, 3.63) is 58.2 Å². The molecule has 2 rings (SSSR count). The van der Waals surface area contributed by atoms with Gasteiger partial charge in [0.25, 0.3) is 0 Å². The fraction of sp³-hybridized carbons (Fsp3) is 0.250. The zero-order valence-corrected chi connectivity index (χ0v) is 12.7. The second kappa shape index (κ2) is 8.85. The third-order valence-electron chi connectivity index (χ3n) is 3.18. The highest BCUT2D eigenvalue weighted by Gasteiger charge is 2.26. The van der Waals surface area contributed by atoms with Gasteiger partial charge >= 0.3 is 5.97 Å². The van der Waals surface area contributed by atoms with Gasteiger partial charge in [0.05, 0.1) is 0 Å². The number of nitrogens with one attached hydrogen (secondary N) is 1. The SMILES string of the molecule is Cc1c(F)c(F)c(F)c(F)c1C(=O)O.O=CNCC1=CCCC=C1. The summed E-state index contributed by atoms with van der Waals surface area (Å²) in [6.07, 6.45) is 9.29. The number of hydrogen-bond acceptors (Lipinski definition) is 2. The number of halogens is 4. The number of hydrogen-bond donors (Lipinski definition) is 2. The Bertz CT molecular complexity index is 670. The van der Waals surface area contributed by atoms with Gasteiger partial charge in [-0.2, -0.15) is 0 Å². The minimum Gasteiger partial charge on any atom is -0.478 e. The highest BCUT2D eigenvalue weighted by molar-refractivity contribution is 5.89. The van der Waals surface area contributed by atoms with E-state index < -0.39 is 40.4 Å². The van der Waals surface area contributed by atoms with Crippen molar-refractivity contribution < 1.29 is 32.3 Å². The van der Waals surface area contributed by atoms with Gasteiger partial charge in [0, 0.05) is 12.1 Å². The molecule has 1 aromatic carbocycles. The Hall–Kier alpha value is -2.64. The van der Waals surface area contributed by atoms with E-state index in [-0.39, 0.29) is 0 Å². The van der Waals surface area contributed by atoms with Crippen molar-refractivity contribution in [1.82, 2.24) is 5.32 Å². The molecule has 0 bridgehead atoms. The van der Waals surface area contributed by atoms with E-state index in [1.165, 1.54) is 5.57 Å². The van der Waals surface area contributed by atoms with Crippen LogP contribution in [0.1, 0.15) is 28.8 Å². The van der Waals surface area contributed by atoms with Crippen molar-refractivity contribution in [1.29, 1.82) is 0 Å². The van der Waals surface area contributed by atoms with Crippen LogP contribution in [0.2, 0.25) is 0 Å². The normalized spacial score (nSPS) is 12.8. The monoisotopic (exact) mass is 345 g/mol. The maximum absolute atomic E-state index is 12.8. The first-order valence-electron chi connectivity index (χ1n) is 6.89. The van der Waals surface area contributed by atoms with Crippen LogP contribution in [-0.4, -0.2) is 24.0 Å². The third-order valence-corrected chi connectivity index (χ3v) is 3.18. The van der Waals surface area contributed by atoms with Crippen molar-refractivity contribution >= 4 is 12.4 Å². The maximum Gasteiger partial charge on any atom is 0.339 e. The van der Waals surface area contributed by atoms with E-state index in [1.54, 1.807) is 0 Å². The molecule has 24 heavy (non-hydrogen) atoms. The second-order valence-corrected chi connectivity index (χ2v) is 4.82. The molecule has 1 aliphatic rings. The Morgan fingerprint density at radius 2 is 1.79 bits per heavy atom. The van der Waals surface area contributed by atoms with Crippen LogP contribution in [0.3, 0.4) is 0 Å². The Balaban J connectivity index is 0.000000254. The van der Waals surface area contributed by atoms with Gasteiger partial charge in [-0.15, -0.1) is 0 Å². The average Bonchev–Trinajstić information content (AvgIpc) is 2.58. The van der Waals surface area contributed by atoms with Crippen molar-refractivity contribution in [3.8, 4) is 0 Å². The number of allylic oxidation sites excluding steroid dienone is 2. The lowest BCUT2D eigenvalue weighted by atomic mass is 10.1. The molecule has 8 heteroatoms. The van der Waals surface area contributed by atoms with E-state index >= 15 is 0 Å². The van der Waals surface area contributed by atoms with E-state index in [4.69, 9.17) is 5.11 Å². The highest BCUT2D eigenvalue weighted by Crippen LogP contribution is 2.23. The molecule has 0 radical (unpaired) electrons. The van der Waals surface area contributed by atoms with Crippen molar-refractivity contribution in [2.24, 2.45) is 0 Å². The fourth-order valence-corrected chi connectivity index (χ4v) is 1.95. The Kier molecular flexibility index (Phi) is 7.16. The van der Waals surface area contributed by atoms with Crippen molar-refractivity contribution in [3.63, 3.8) is 0 Å². The summed E-state index contributed by atoms with van der Waals surface area (Å²) >= 11 is 0. The van der Waals surface area contributed by atoms with Crippen molar-refractivity contribution in [2.45, 2.75) is 19.8 Å². The number of carboxylic acids is 1. The molecule has 0 atom stereocenters. The van der Waals surface area contributed by atoms with Crippen LogP contribution in [0.5, 0.6) is 0 Å². The molecule has 0 spiro atoms. The molecular formula is C16H15F4NO3. The van der Waals surface area contributed by atoms with Crippen LogP contribution in [0.15, 0.2) is 23.8 Å². The number of aromatic carboxylic acids is 1. The maximum atomic E-state index is 12.8. The van der Waals surface area contributed by atoms with Crippen LogP contribution in [0.4, 0.5) is 17.6 Å². The zero-order valence-electron chi connectivity index (χ0n) is 12.7. The number of benzene rings is 1. The summed E-state index contributed by atoms with van der Waals surface area (Å²) < 4.78 is 50.6. The molecule has 130 valence electrons. The van der Waals surface area contributed by atoms with Gasteiger partial charge in [0.15, 0.2) is 23.3 Å². The molecular weight excluding hydrogens is 330 g/mol. The zero-order chi connectivity index (χ0) is 18.3. The van der Waals surface area contributed by atoms with Gasteiger partial charge in [-0.1, -0.05) is 18.2 Å². The quantitative estimate of drug-likeness (QED) is 0.381. The lowest BCUT2D eigenvalue weighted by molar-refractivity contribution is -0.109. The molecule has 0 unspecified atom stereocenters. The highest BCUT2D eigenvalue weighted by atomic mass is 19.2. The standard InChI is InChI=1S/C8H4F4O2.C8H11NO/c1-2-3(8(13)14)5(10)7(12)6(11)4(2)9;10-7-9-6-8-4-2-1-3-5-8/h1H3,(H,13,14);2,4-5,7H,1,3,6H2,(H,9,10). The summed E-state index contributed by atoms with van der Waals surface area (Å²) in [5, 5.41) is 11.0. The van der Waals surface area contributed by atoms with E-state index in [2.05, 4.69) is 23.5 Å². The van der Waals surface area contributed by atoms with E-state index in [0.29, 0.717) is 6.54 Å². The first-order valence-corrected chi connectivity index (χ1v) is 6.89. The summed E-state index contributed by atoms with van der Waals surface area (Å²) in [6, 6.07) is 0. The minimum atomic E-state index is -2.12. The molecule has 2 N–H and O–H groups in total. The molecule has 1 aliphatic carbocycles. The molecule has 0 heterocycles. The number of carbonyl (C=O) groups is 2. The number of carbonyl (C=O) groups excluding carboxylic acids is 1. The minimum absolute atomic E-state index is 0.667. The summed E-state index contributed by atoms with van der Waals surface area (Å²) in [4.78, 5) is 20.2. The fourth-order valence-electron chi connectivity index (χ4n) is 1.95. The van der Waals surface area contributed by atoms with E-state index in [1.807, 2.05) is 0 Å². The number of rotatable bonds is 4. The number of amides is 1. The predicted octanol–water partition coefficient (Wildman–Crippen LogP) is 3.26. The summed E-state index contributed by atoms with van der Waals surface area (Å²) in [5.74, 6) is -9.57. The van der Waals surface area contributed by atoms with Crippen LogP contribution < -0.4 is 5.32 Å². The van der Waals surface area contributed by atoms with E-state index in [9.17, 15) is 27.2 Å². The lowest BCUT2D eigenvalue weighted by Crippen LogP contribution is -2.13.